The second kappa shape index (κ2) is 5.43. The molecule has 0 saturated carbocycles. The summed E-state index contributed by atoms with van der Waals surface area (Å²) in [4.78, 5) is 0. The van der Waals surface area contributed by atoms with E-state index in [0.29, 0.717) is 6.61 Å². The number of methoxy groups -OCH3 is 1. The highest BCUT2D eigenvalue weighted by molar-refractivity contribution is 5.28. The Morgan fingerprint density at radius 3 is 2.37 bits per heavy atom. The van der Waals surface area contributed by atoms with E-state index in [1.807, 2.05) is 42.5 Å². The first-order valence-electron chi connectivity index (χ1n) is 6.33. The largest absolute Gasteiger partial charge is 0.497 e. The Balaban J connectivity index is 1.71. The van der Waals surface area contributed by atoms with Gasteiger partial charge in [0.1, 0.15) is 11.9 Å². The Kier molecular flexibility index (Phi) is 3.49. The highest BCUT2D eigenvalue weighted by atomic mass is 16.7. The average molecular weight is 256 g/mol. The smallest absolute Gasteiger partial charge is 0.184 e. The summed E-state index contributed by atoms with van der Waals surface area (Å²) in [6.07, 6.45) is -0.288. The third-order valence-corrected chi connectivity index (χ3v) is 3.25. The Morgan fingerprint density at radius 1 is 0.947 bits per heavy atom. The van der Waals surface area contributed by atoms with Gasteiger partial charge < -0.3 is 14.2 Å². The van der Waals surface area contributed by atoms with E-state index in [0.717, 1.165) is 16.9 Å². The summed E-state index contributed by atoms with van der Waals surface area (Å²) in [5, 5.41) is 0. The van der Waals surface area contributed by atoms with Crippen LogP contribution in [0.25, 0.3) is 0 Å². The molecule has 98 valence electrons. The topological polar surface area (TPSA) is 27.7 Å². The highest BCUT2D eigenvalue weighted by Gasteiger charge is 2.28. The van der Waals surface area contributed by atoms with Gasteiger partial charge in [0.2, 0.25) is 0 Å². The van der Waals surface area contributed by atoms with Crippen molar-refractivity contribution in [2.75, 3.05) is 13.7 Å². The molecule has 0 radical (unpaired) electrons. The molecule has 1 aliphatic rings. The molecule has 0 bridgehead atoms. The molecule has 3 nitrogen and oxygen atoms in total. The van der Waals surface area contributed by atoms with E-state index in [4.69, 9.17) is 14.2 Å². The normalized spacial score (nSPS) is 22.4. The van der Waals surface area contributed by atoms with E-state index in [1.54, 1.807) is 7.11 Å². The van der Waals surface area contributed by atoms with Crippen molar-refractivity contribution in [3.63, 3.8) is 0 Å². The van der Waals surface area contributed by atoms with Crippen LogP contribution in [-0.2, 0) is 9.47 Å². The molecule has 0 unspecified atom stereocenters. The number of rotatable bonds is 3. The van der Waals surface area contributed by atoms with Gasteiger partial charge in [-0.2, -0.15) is 0 Å². The lowest BCUT2D eigenvalue weighted by Gasteiger charge is -2.12. The van der Waals surface area contributed by atoms with Crippen molar-refractivity contribution in [1.82, 2.24) is 0 Å². The van der Waals surface area contributed by atoms with Gasteiger partial charge in [0.15, 0.2) is 6.29 Å². The van der Waals surface area contributed by atoms with E-state index >= 15 is 0 Å². The Morgan fingerprint density at radius 2 is 1.68 bits per heavy atom. The van der Waals surface area contributed by atoms with Crippen LogP contribution in [0.3, 0.4) is 0 Å². The molecule has 2 aromatic carbocycles. The van der Waals surface area contributed by atoms with Crippen molar-refractivity contribution in [2.24, 2.45) is 0 Å². The van der Waals surface area contributed by atoms with Crippen LogP contribution < -0.4 is 4.74 Å². The first-order chi connectivity index (χ1) is 9.36. The van der Waals surface area contributed by atoms with Gasteiger partial charge in [-0.3, -0.25) is 0 Å². The first kappa shape index (κ1) is 12.2. The van der Waals surface area contributed by atoms with Crippen LogP contribution in [0.2, 0.25) is 0 Å². The van der Waals surface area contributed by atoms with E-state index < -0.39 is 0 Å². The van der Waals surface area contributed by atoms with Gasteiger partial charge in [-0.1, -0.05) is 42.5 Å². The Labute approximate surface area is 112 Å². The Hall–Kier alpha value is -1.84. The average Bonchev–Trinajstić information content (AvgIpc) is 2.98. The minimum absolute atomic E-state index is 0.00769. The minimum atomic E-state index is -0.295. The van der Waals surface area contributed by atoms with Crippen LogP contribution >= 0.6 is 0 Å². The zero-order valence-corrected chi connectivity index (χ0v) is 10.8. The standard InChI is InChI=1S/C16H16O3/c1-17-14-9-7-13(8-10-14)16-18-11-15(19-16)12-5-3-2-4-6-12/h2-10,15-16H,11H2,1H3/t15-,16+/m1/s1. The van der Waals surface area contributed by atoms with Crippen molar-refractivity contribution < 1.29 is 14.2 Å². The zero-order valence-electron chi connectivity index (χ0n) is 10.8. The molecule has 0 spiro atoms. The Bertz CT molecular complexity index is 521. The van der Waals surface area contributed by atoms with Gasteiger partial charge in [0, 0.05) is 5.56 Å². The first-order valence-corrected chi connectivity index (χ1v) is 6.33. The molecule has 2 aromatic rings. The predicted molar refractivity (Wildman–Crippen MR) is 72.0 cm³/mol. The van der Waals surface area contributed by atoms with Gasteiger partial charge in [-0.15, -0.1) is 0 Å². The van der Waals surface area contributed by atoms with Crippen LogP contribution in [0.15, 0.2) is 54.6 Å². The van der Waals surface area contributed by atoms with Crippen LogP contribution in [0.4, 0.5) is 0 Å². The van der Waals surface area contributed by atoms with Crippen LogP contribution in [-0.4, -0.2) is 13.7 Å². The fourth-order valence-corrected chi connectivity index (χ4v) is 2.18. The molecule has 0 N–H and O–H groups in total. The molecule has 0 aromatic heterocycles. The van der Waals surface area contributed by atoms with Gasteiger partial charge in [-0.25, -0.2) is 0 Å². The molecule has 3 rings (SSSR count). The number of ether oxygens (including phenoxy) is 3. The summed E-state index contributed by atoms with van der Waals surface area (Å²) in [6, 6.07) is 17.9. The predicted octanol–water partition coefficient (Wildman–Crippen LogP) is 3.48. The van der Waals surface area contributed by atoms with Gasteiger partial charge in [0.05, 0.1) is 13.7 Å². The lowest BCUT2D eigenvalue weighted by Crippen LogP contribution is -2.00. The summed E-state index contributed by atoms with van der Waals surface area (Å²) >= 11 is 0. The lowest BCUT2D eigenvalue weighted by atomic mass is 10.1. The molecule has 0 aliphatic carbocycles. The van der Waals surface area contributed by atoms with Crippen molar-refractivity contribution in [3.05, 3.63) is 65.7 Å². The molecule has 1 aliphatic heterocycles. The second-order valence-electron chi connectivity index (χ2n) is 4.47. The number of benzene rings is 2. The summed E-state index contributed by atoms with van der Waals surface area (Å²) < 4.78 is 16.8. The van der Waals surface area contributed by atoms with Crippen molar-refractivity contribution in [1.29, 1.82) is 0 Å². The van der Waals surface area contributed by atoms with Crippen molar-refractivity contribution >= 4 is 0 Å². The molecular weight excluding hydrogens is 240 g/mol. The second-order valence-corrected chi connectivity index (χ2v) is 4.47. The lowest BCUT2D eigenvalue weighted by molar-refractivity contribution is -0.0607. The maximum atomic E-state index is 5.94. The molecule has 3 heteroatoms. The molecule has 1 heterocycles. The SMILES string of the molecule is COc1ccc([C@H]2OC[C@H](c3ccccc3)O2)cc1. The number of hydrogen-bond donors (Lipinski definition) is 0. The summed E-state index contributed by atoms with van der Waals surface area (Å²) in [7, 11) is 1.66. The van der Waals surface area contributed by atoms with Crippen LogP contribution in [0.5, 0.6) is 5.75 Å². The van der Waals surface area contributed by atoms with Crippen LogP contribution in [0.1, 0.15) is 23.5 Å². The zero-order chi connectivity index (χ0) is 13.1. The maximum Gasteiger partial charge on any atom is 0.184 e. The molecule has 2 atom stereocenters. The third kappa shape index (κ3) is 2.62. The quantitative estimate of drug-likeness (QED) is 0.841. The monoisotopic (exact) mass is 256 g/mol. The minimum Gasteiger partial charge on any atom is -0.497 e. The molecule has 0 amide bonds. The number of hydrogen-bond acceptors (Lipinski definition) is 3. The molecule has 1 saturated heterocycles. The fraction of sp³-hybridized carbons (Fsp3) is 0.250. The molecule has 19 heavy (non-hydrogen) atoms. The van der Waals surface area contributed by atoms with E-state index in [2.05, 4.69) is 12.1 Å². The van der Waals surface area contributed by atoms with E-state index in [9.17, 15) is 0 Å². The van der Waals surface area contributed by atoms with E-state index in [1.165, 1.54) is 0 Å². The molecule has 1 fully saturated rings. The summed E-state index contributed by atoms with van der Waals surface area (Å²) in [5.41, 5.74) is 2.16. The summed E-state index contributed by atoms with van der Waals surface area (Å²) in [5.74, 6) is 0.835. The third-order valence-electron chi connectivity index (χ3n) is 3.25. The maximum absolute atomic E-state index is 5.94. The van der Waals surface area contributed by atoms with Gasteiger partial charge in [0.25, 0.3) is 0 Å². The fourth-order valence-electron chi connectivity index (χ4n) is 2.18. The van der Waals surface area contributed by atoms with Crippen molar-refractivity contribution in [2.45, 2.75) is 12.4 Å². The molecular formula is C16H16O3. The van der Waals surface area contributed by atoms with E-state index in [-0.39, 0.29) is 12.4 Å². The highest BCUT2D eigenvalue weighted by Crippen LogP contribution is 2.35. The van der Waals surface area contributed by atoms with Crippen LogP contribution in [0, 0.1) is 0 Å². The van der Waals surface area contributed by atoms with Gasteiger partial charge >= 0.3 is 0 Å². The van der Waals surface area contributed by atoms with Gasteiger partial charge in [-0.05, 0) is 17.7 Å². The van der Waals surface area contributed by atoms with Crippen molar-refractivity contribution in [3.8, 4) is 5.75 Å². The summed E-state index contributed by atoms with van der Waals surface area (Å²) in [6.45, 7) is 0.584.